The third-order valence-corrected chi connectivity index (χ3v) is 2.54. The minimum atomic E-state index is -1.02. The number of hydrogen-bond donors (Lipinski definition) is 2. The van der Waals surface area contributed by atoms with Crippen LogP contribution in [0.3, 0.4) is 0 Å². The van der Waals surface area contributed by atoms with Crippen LogP contribution in [-0.2, 0) is 6.54 Å². The number of carbonyl (C=O) groups is 1. The molecule has 0 atom stereocenters. The maximum atomic E-state index is 11.2. The van der Waals surface area contributed by atoms with E-state index in [1.54, 1.807) is 26.8 Å². The van der Waals surface area contributed by atoms with E-state index < -0.39 is 5.97 Å². The molecule has 0 aliphatic rings. The normalized spacial score (nSPS) is 10.5. The molecule has 2 aromatic rings. The van der Waals surface area contributed by atoms with Gasteiger partial charge in [-0.2, -0.15) is 4.98 Å². The molecule has 100 valence electrons. The summed E-state index contributed by atoms with van der Waals surface area (Å²) >= 11 is 0. The summed E-state index contributed by atoms with van der Waals surface area (Å²) in [7, 11) is 0. The van der Waals surface area contributed by atoms with Crippen LogP contribution in [0.4, 0.5) is 5.82 Å². The molecule has 7 heteroatoms. The Morgan fingerprint density at radius 1 is 1.37 bits per heavy atom. The van der Waals surface area contributed by atoms with Gasteiger partial charge in [0.25, 0.3) is 0 Å². The molecule has 0 aromatic carbocycles. The number of carboxylic acids is 1. The van der Waals surface area contributed by atoms with E-state index in [1.807, 2.05) is 0 Å². The van der Waals surface area contributed by atoms with Crippen LogP contribution in [0.5, 0.6) is 0 Å². The van der Waals surface area contributed by atoms with E-state index in [4.69, 9.17) is 4.52 Å². The molecule has 0 radical (unpaired) electrons. The first-order valence-electron chi connectivity index (χ1n) is 5.72. The Hall–Kier alpha value is -2.44. The van der Waals surface area contributed by atoms with Gasteiger partial charge in [-0.3, -0.25) is 0 Å². The third-order valence-electron chi connectivity index (χ3n) is 2.54. The van der Waals surface area contributed by atoms with E-state index in [0.29, 0.717) is 23.1 Å². The molecule has 0 amide bonds. The molecule has 0 aliphatic carbocycles. The van der Waals surface area contributed by atoms with Crippen molar-refractivity contribution in [2.24, 2.45) is 0 Å². The summed E-state index contributed by atoms with van der Waals surface area (Å²) in [5.74, 6) is 0.202. The third kappa shape index (κ3) is 2.87. The van der Waals surface area contributed by atoms with Gasteiger partial charge in [0.1, 0.15) is 11.4 Å². The van der Waals surface area contributed by atoms with Gasteiger partial charge in [0.15, 0.2) is 5.82 Å². The first-order valence-corrected chi connectivity index (χ1v) is 5.72. The Labute approximate surface area is 109 Å². The summed E-state index contributed by atoms with van der Waals surface area (Å²) in [6.07, 6.45) is 0. The number of aromatic carboxylic acids is 1. The number of anilines is 1. The number of carboxylic acid groups (broad SMARTS) is 1. The zero-order valence-corrected chi connectivity index (χ0v) is 10.9. The van der Waals surface area contributed by atoms with Crippen LogP contribution in [0.2, 0.25) is 0 Å². The van der Waals surface area contributed by atoms with Crippen LogP contribution in [-0.4, -0.2) is 26.2 Å². The Morgan fingerprint density at radius 3 is 2.68 bits per heavy atom. The minimum Gasteiger partial charge on any atom is -0.478 e. The SMILES string of the molecule is Cc1cc(C)c(C(=O)O)c(NCc2nc(C)no2)n1. The predicted octanol–water partition coefficient (Wildman–Crippen LogP) is 1.70. The predicted molar refractivity (Wildman–Crippen MR) is 67.0 cm³/mol. The molecule has 2 rings (SSSR count). The Bertz CT molecular complexity index is 621. The second-order valence-corrected chi connectivity index (χ2v) is 4.20. The van der Waals surface area contributed by atoms with Gasteiger partial charge in [0, 0.05) is 5.69 Å². The van der Waals surface area contributed by atoms with Gasteiger partial charge in [-0.25, -0.2) is 9.78 Å². The average molecular weight is 262 g/mol. The van der Waals surface area contributed by atoms with Crippen molar-refractivity contribution in [2.45, 2.75) is 27.3 Å². The lowest BCUT2D eigenvalue weighted by Crippen LogP contribution is -2.11. The topological polar surface area (TPSA) is 101 Å². The van der Waals surface area contributed by atoms with Crippen molar-refractivity contribution in [3.63, 3.8) is 0 Å². The van der Waals surface area contributed by atoms with E-state index >= 15 is 0 Å². The summed E-state index contributed by atoms with van der Waals surface area (Å²) < 4.78 is 4.95. The smallest absolute Gasteiger partial charge is 0.339 e. The number of nitrogens with zero attached hydrogens (tertiary/aromatic N) is 3. The molecule has 19 heavy (non-hydrogen) atoms. The van der Waals surface area contributed by atoms with Gasteiger partial charge >= 0.3 is 5.97 Å². The van der Waals surface area contributed by atoms with Crippen molar-refractivity contribution in [3.05, 3.63) is 34.6 Å². The zero-order chi connectivity index (χ0) is 14.0. The van der Waals surface area contributed by atoms with E-state index in [0.717, 1.165) is 5.69 Å². The van der Waals surface area contributed by atoms with Gasteiger partial charge in [0.2, 0.25) is 5.89 Å². The van der Waals surface area contributed by atoms with E-state index in [-0.39, 0.29) is 12.1 Å². The first kappa shape index (κ1) is 13.0. The number of rotatable bonds is 4. The number of aromatic nitrogens is 3. The van der Waals surface area contributed by atoms with Gasteiger partial charge in [-0.05, 0) is 32.4 Å². The van der Waals surface area contributed by atoms with Crippen molar-refractivity contribution >= 4 is 11.8 Å². The van der Waals surface area contributed by atoms with Crippen LogP contribution in [0.15, 0.2) is 10.6 Å². The van der Waals surface area contributed by atoms with E-state index in [9.17, 15) is 9.90 Å². The van der Waals surface area contributed by atoms with Crippen molar-refractivity contribution in [3.8, 4) is 0 Å². The first-order chi connectivity index (χ1) is 8.97. The fourth-order valence-electron chi connectivity index (χ4n) is 1.81. The van der Waals surface area contributed by atoms with E-state index in [1.165, 1.54) is 0 Å². The fourth-order valence-corrected chi connectivity index (χ4v) is 1.81. The van der Waals surface area contributed by atoms with Crippen molar-refractivity contribution in [2.75, 3.05) is 5.32 Å². The molecular formula is C12H14N4O3. The Morgan fingerprint density at radius 2 is 2.11 bits per heavy atom. The summed E-state index contributed by atoms with van der Waals surface area (Å²) in [5, 5.41) is 15.8. The fraction of sp³-hybridized carbons (Fsp3) is 0.333. The van der Waals surface area contributed by atoms with Gasteiger partial charge in [-0.1, -0.05) is 5.16 Å². The summed E-state index contributed by atoms with van der Waals surface area (Å²) in [6.45, 7) is 5.49. The van der Waals surface area contributed by atoms with Crippen molar-refractivity contribution in [1.82, 2.24) is 15.1 Å². The minimum absolute atomic E-state index is 0.154. The molecule has 2 heterocycles. The molecule has 0 bridgehead atoms. The molecule has 0 unspecified atom stereocenters. The van der Waals surface area contributed by atoms with E-state index in [2.05, 4.69) is 20.4 Å². The highest BCUT2D eigenvalue weighted by molar-refractivity contribution is 5.94. The quantitative estimate of drug-likeness (QED) is 0.864. The molecule has 2 aromatic heterocycles. The number of aryl methyl sites for hydroxylation is 3. The summed E-state index contributed by atoms with van der Waals surface area (Å²) in [4.78, 5) is 19.5. The zero-order valence-electron chi connectivity index (χ0n) is 10.9. The standard InChI is InChI=1S/C12H14N4O3/c1-6-4-7(2)14-11(10(6)12(17)18)13-5-9-15-8(3)16-19-9/h4H,5H2,1-3H3,(H,13,14)(H,17,18). The van der Waals surface area contributed by atoms with Crippen LogP contribution in [0.1, 0.15) is 33.3 Å². The van der Waals surface area contributed by atoms with Gasteiger partial charge in [-0.15, -0.1) is 0 Å². The molecule has 0 fully saturated rings. The van der Waals surface area contributed by atoms with Gasteiger partial charge < -0.3 is 14.9 Å². The second kappa shape index (κ2) is 5.05. The summed E-state index contributed by atoms with van der Waals surface area (Å²) in [5.41, 5.74) is 1.55. The average Bonchev–Trinajstić information content (AvgIpc) is 2.71. The summed E-state index contributed by atoms with van der Waals surface area (Å²) in [6, 6.07) is 1.73. The Kier molecular flexibility index (Phi) is 3.46. The molecule has 0 saturated heterocycles. The molecule has 0 aliphatic heterocycles. The largest absolute Gasteiger partial charge is 0.478 e. The lowest BCUT2D eigenvalue weighted by molar-refractivity contribution is 0.0696. The van der Waals surface area contributed by atoms with Gasteiger partial charge in [0.05, 0.1) is 6.54 Å². The van der Waals surface area contributed by atoms with Crippen molar-refractivity contribution < 1.29 is 14.4 Å². The highest BCUT2D eigenvalue weighted by Gasteiger charge is 2.16. The molecule has 0 saturated carbocycles. The Balaban J connectivity index is 2.26. The van der Waals surface area contributed by atoms with Crippen LogP contribution >= 0.6 is 0 Å². The lowest BCUT2D eigenvalue weighted by atomic mass is 10.1. The van der Waals surface area contributed by atoms with Crippen LogP contribution in [0.25, 0.3) is 0 Å². The highest BCUT2D eigenvalue weighted by atomic mass is 16.5. The molecular weight excluding hydrogens is 248 g/mol. The number of pyridine rings is 1. The lowest BCUT2D eigenvalue weighted by Gasteiger charge is -2.10. The highest BCUT2D eigenvalue weighted by Crippen LogP contribution is 2.19. The monoisotopic (exact) mass is 262 g/mol. The maximum Gasteiger partial charge on any atom is 0.339 e. The molecule has 0 spiro atoms. The molecule has 7 nitrogen and oxygen atoms in total. The van der Waals surface area contributed by atoms with Crippen LogP contribution in [0, 0.1) is 20.8 Å². The molecule has 2 N–H and O–H groups in total. The second-order valence-electron chi connectivity index (χ2n) is 4.20. The van der Waals surface area contributed by atoms with Crippen molar-refractivity contribution in [1.29, 1.82) is 0 Å². The number of nitrogens with one attached hydrogen (secondary N) is 1. The van der Waals surface area contributed by atoms with Crippen LogP contribution < -0.4 is 5.32 Å². The maximum absolute atomic E-state index is 11.2. The number of hydrogen-bond acceptors (Lipinski definition) is 6.